The third kappa shape index (κ3) is 6.26. The molecule has 0 spiro atoms. The number of esters is 1. The topological polar surface area (TPSA) is 114 Å². The third-order valence-corrected chi connectivity index (χ3v) is 3.57. The summed E-state index contributed by atoms with van der Waals surface area (Å²) >= 11 is 0. The molecule has 1 rings (SSSR count). The van der Waals surface area contributed by atoms with Gasteiger partial charge in [-0.05, 0) is 38.1 Å². The Morgan fingerprint density at radius 2 is 1.91 bits per heavy atom. The molecule has 0 saturated carbocycles. The van der Waals surface area contributed by atoms with Gasteiger partial charge >= 0.3 is 13.7 Å². The summed E-state index contributed by atoms with van der Waals surface area (Å²) in [7, 11) is -4.23. The van der Waals surface area contributed by atoms with Crippen molar-refractivity contribution in [3.8, 4) is 5.75 Å². The molecule has 3 N–H and O–H groups in total. The van der Waals surface area contributed by atoms with E-state index in [4.69, 9.17) is 9.26 Å². The minimum absolute atomic E-state index is 0.114. The van der Waals surface area contributed by atoms with Crippen molar-refractivity contribution in [2.24, 2.45) is 0 Å². The lowest BCUT2D eigenvalue weighted by atomic mass is 10.3. The number of benzene rings is 1. The van der Waals surface area contributed by atoms with Crippen molar-refractivity contribution in [2.45, 2.75) is 26.8 Å². The molecule has 1 aromatic carbocycles. The van der Waals surface area contributed by atoms with E-state index in [0.29, 0.717) is 5.69 Å². The van der Waals surface area contributed by atoms with E-state index in [1.165, 1.54) is 38.1 Å². The molecular formula is C13H19N2O6P. The predicted molar refractivity (Wildman–Crippen MR) is 80.4 cm³/mol. The Labute approximate surface area is 128 Å². The molecular weight excluding hydrogens is 311 g/mol. The van der Waals surface area contributed by atoms with E-state index in [1.807, 2.05) is 0 Å². The number of hydrogen-bond acceptors (Lipinski definition) is 5. The monoisotopic (exact) mass is 330 g/mol. The normalized spacial score (nSPS) is 14.5. The number of rotatable bonds is 7. The summed E-state index contributed by atoms with van der Waals surface area (Å²) in [4.78, 5) is 32.0. The van der Waals surface area contributed by atoms with Crippen LogP contribution < -0.4 is 14.9 Å². The van der Waals surface area contributed by atoms with Gasteiger partial charge in [-0.3, -0.25) is 9.59 Å². The highest BCUT2D eigenvalue weighted by Gasteiger charge is 2.28. The zero-order valence-corrected chi connectivity index (χ0v) is 13.4. The van der Waals surface area contributed by atoms with Gasteiger partial charge in [-0.15, -0.1) is 0 Å². The van der Waals surface area contributed by atoms with Crippen molar-refractivity contribution in [3.63, 3.8) is 0 Å². The molecule has 0 aliphatic carbocycles. The molecule has 2 unspecified atom stereocenters. The molecule has 22 heavy (non-hydrogen) atoms. The van der Waals surface area contributed by atoms with Gasteiger partial charge in [0.05, 0.1) is 6.61 Å². The van der Waals surface area contributed by atoms with Crippen LogP contribution in [0.2, 0.25) is 0 Å². The molecule has 0 bridgehead atoms. The van der Waals surface area contributed by atoms with Gasteiger partial charge < -0.3 is 19.5 Å². The summed E-state index contributed by atoms with van der Waals surface area (Å²) in [6, 6.07) is 4.89. The predicted octanol–water partition coefficient (Wildman–Crippen LogP) is 1.67. The largest absolute Gasteiger partial charge is 0.465 e. The third-order valence-electron chi connectivity index (χ3n) is 2.40. The van der Waals surface area contributed by atoms with E-state index in [1.54, 1.807) is 6.92 Å². The molecule has 1 amide bonds. The molecule has 8 nitrogen and oxygen atoms in total. The first-order chi connectivity index (χ1) is 10.2. The number of nitrogens with one attached hydrogen (secondary N) is 2. The number of carbonyl (C=O) groups excluding carboxylic acids is 2. The molecule has 0 aliphatic rings. The fourth-order valence-electron chi connectivity index (χ4n) is 1.54. The first kappa shape index (κ1) is 18.2. The number of ether oxygens (including phenoxy) is 1. The van der Waals surface area contributed by atoms with Crippen LogP contribution in [0.15, 0.2) is 24.3 Å². The van der Waals surface area contributed by atoms with Crippen molar-refractivity contribution >= 4 is 25.3 Å². The Kier molecular flexibility index (Phi) is 6.55. The molecule has 9 heteroatoms. The van der Waals surface area contributed by atoms with Gasteiger partial charge in [0.2, 0.25) is 5.91 Å². The summed E-state index contributed by atoms with van der Waals surface area (Å²) < 4.78 is 21.6. The number of anilines is 1. The van der Waals surface area contributed by atoms with Crippen LogP contribution >= 0.6 is 7.75 Å². The Morgan fingerprint density at radius 1 is 1.32 bits per heavy atom. The van der Waals surface area contributed by atoms with Gasteiger partial charge in [-0.25, -0.2) is 4.57 Å². The summed E-state index contributed by atoms with van der Waals surface area (Å²) in [5.41, 5.74) is 0.528. The lowest BCUT2D eigenvalue weighted by Crippen LogP contribution is -2.34. The molecule has 0 aromatic heterocycles. The SMILES string of the molecule is CCOC(=O)C(C)NP(=O)(O)Oc1ccc(NC(C)=O)cc1. The van der Waals surface area contributed by atoms with Crippen LogP contribution in [0, 0.1) is 0 Å². The van der Waals surface area contributed by atoms with Crippen molar-refractivity contribution in [2.75, 3.05) is 11.9 Å². The maximum Gasteiger partial charge on any atom is 0.456 e. The lowest BCUT2D eigenvalue weighted by molar-refractivity contribution is -0.144. The van der Waals surface area contributed by atoms with Crippen LogP contribution in [0.1, 0.15) is 20.8 Å². The molecule has 2 atom stereocenters. The van der Waals surface area contributed by atoms with Gasteiger partial charge in [0.15, 0.2) is 0 Å². The molecule has 0 radical (unpaired) electrons. The Hall–Kier alpha value is -1.89. The standard InChI is InChI=1S/C13H19N2O6P/c1-4-20-13(17)9(2)15-22(18,19)21-12-7-5-11(6-8-12)14-10(3)16/h5-9H,4H2,1-3H3,(H,14,16)(H2,15,18,19). The van der Waals surface area contributed by atoms with E-state index in [-0.39, 0.29) is 18.3 Å². The van der Waals surface area contributed by atoms with Gasteiger partial charge in [-0.2, -0.15) is 5.09 Å². The average Bonchev–Trinajstić information content (AvgIpc) is 2.39. The molecule has 0 aliphatic heterocycles. The second-order valence-corrected chi connectivity index (χ2v) is 5.90. The van der Waals surface area contributed by atoms with E-state index >= 15 is 0 Å². The fourth-order valence-corrected chi connectivity index (χ4v) is 2.59. The van der Waals surface area contributed by atoms with E-state index in [0.717, 1.165) is 0 Å². The van der Waals surface area contributed by atoms with Crippen molar-refractivity contribution in [1.29, 1.82) is 0 Å². The summed E-state index contributed by atoms with van der Waals surface area (Å²) in [5, 5.41) is 4.73. The second-order valence-electron chi connectivity index (χ2n) is 4.42. The lowest BCUT2D eigenvalue weighted by Gasteiger charge is -2.18. The van der Waals surface area contributed by atoms with Crippen LogP contribution in [0.3, 0.4) is 0 Å². The van der Waals surface area contributed by atoms with Crippen LogP contribution in [-0.2, 0) is 18.9 Å². The van der Waals surface area contributed by atoms with Crippen LogP contribution in [0.4, 0.5) is 5.69 Å². The molecule has 1 aromatic rings. The highest BCUT2D eigenvalue weighted by atomic mass is 31.2. The van der Waals surface area contributed by atoms with Gasteiger partial charge in [0.1, 0.15) is 11.8 Å². The van der Waals surface area contributed by atoms with Crippen molar-refractivity contribution in [3.05, 3.63) is 24.3 Å². The van der Waals surface area contributed by atoms with Crippen LogP contribution in [0.5, 0.6) is 5.75 Å². The molecule has 122 valence electrons. The van der Waals surface area contributed by atoms with Crippen LogP contribution in [-0.4, -0.2) is 29.4 Å². The Balaban J connectivity index is 2.65. The quantitative estimate of drug-likeness (QED) is 0.514. The second kappa shape index (κ2) is 7.93. The van der Waals surface area contributed by atoms with Crippen molar-refractivity contribution < 1.29 is 28.3 Å². The zero-order valence-electron chi connectivity index (χ0n) is 12.5. The van der Waals surface area contributed by atoms with Crippen molar-refractivity contribution in [1.82, 2.24) is 5.09 Å². The summed E-state index contributed by atoms with van der Waals surface area (Å²) in [5.74, 6) is -0.767. The van der Waals surface area contributed by atoms with E-state index < -0.39 is 19.8 Å². The Bertz CT molecular complexity index is 574. The maximum atomic E-state index is 11.9. The van der Waals surface area contributed by atoms with E-state index in [2.05, 4.69) is 10.4 Å². The maximum absolute atomic E-state index is 11.9. The van der Waals surface area contributed by atoms with Gasteiger partial charge in [0.25, 0.3) is 0 Å². The molecule has 0 saturated heterocycles. The first-order valence-corrected chi connectivity index (χ1v) is 8.15. The van der Waals surface area contributed by atoms with Crippen LogP contribution in [0.25, 0.3) is 0 Å². The van der Waals surface area contributed by atoms with E-state index in [9.17, 15) is 19.0 Å². The summed E-state index contributed by atoms with van der Waals surface area (Å²) in [6.07, 6.45) is 0. The highest BCUT2D eigenvalue weighted by molar-refractivity contribution is 7.51. The number of hydrogen-bond donors (Lipinski definition) is 3. The van der Waals surface area contributed by atoms with Gasteiger partial charge in [-0.1, -0.05) is 0 Å². The molecule has 0 fully saturated rings. The first-order valence-electron chi connectivity index (χ1n) is 6.58. The van der Waals surface area contributed by atoms with Gasteiger partial charge in [0, 0.05) is 12.6 Å². The highest BCUT2D eigenvalue weighted by Crippen LogP contribution is 2.39. The minimum Gasteiger partial charge on any atom is -0.465 e. The minimum atomic E-state index is -4.23. The number of carbonyl (C=O) groups is 2. The Morgan fingerprint density at radius 3 is 2.41 bits per heavy atom. The summed E-state index contributed by atoms with van der Waals surface area (Å²) in [6.45, 7) is 4.57. The fraction of sp³-hybridized carbons (Fsp3) is 0.385. The number of amides is 1. The average molecular weight is 330 g/mol. The zero-order chi connectivity index (χ0) is 16.8. The molecule has 0 heterocycles. The smallest absolute Gasteiger partial charge is 0.456 e.